The van der Waals surface area contributed by atoms with Crippen molar-refractivity contribution < 1.29 is 14.3 Å². The van der Waals surface area contributed by atoms with E-state index in [0.717, 1.165) is 0 Å². The van der Waals surface area contributed by atoms with E-state index in [1.807, 2.05) is 20.8 Å². The van der Waals surface area contributed by atoms with Crippen LogP contribution in [0.25, 0.3) is 0 Å². The third kappa shape index (κ3) is 6.29. The van der Waals surface area contributed by atoms with Crippen molar-refractivity contribution in [3.63, 3.8) is 0 Å². The molecule has 0 saturated carbocycles. The van der Waals surface area contributed by atoms with Gasteiger partial charge in [-0.2, -0.15) is 0 Å². The highest BCUT2D eigenvalue weighted by atomic mass is 16.6. The summed E-state index contributed by atoms with van der Waals surface area (Å²) in [6, 6.07) is -0.608. The zero-order valence-corrected chi connectivity index (χ0v) is 12.0. The Kier molecular flexibility index (Phi) is 5.66. The van der Waals surface area contributed by atoms with E-state index in [0.29, 0.717) is 0 Å². The van der Waals surface area contributed by atoms with Gasteiger partial charge in [0.15, 0.2) is 0 Å². The second-order valence-corrected chi connectivity index (χ2v) is 5.80. The first kappa shape index (κ1) is 15.9. The second kappa shape index (κ2) is 6.03. The Balaban J connectivity index is 4.31. The van der Waals surface area contributed by atoms with E-state index >= 15 is 0 Å². The van der Waals surface area contributed by atoms with Crippen LogP contribution in [0.2, 0.25) is 0 Å². The van der Waals surface area contributed by atoms with Gasteiger partial charge < -0.3 is 10.1 Å². The zero-order chi connectivity index (χ0) is 13.8. The SMILES string of the molecule is CC(C)C(C)C(=O)N[C@@H](C)C(=O)OC(C)(C)C. The van der Waals surface area contributed by atoms with E-state index in [-0.39, 0.29) is 17.7 Å². The molecule has 0 aliphatic carbocycles. The van der Waals surface area contributed by atoms with Crippen molar-refractivity contribution in [2.24, 2.45) is 11.8 Å². The van der Waals surface area contributed by atoms with Crippen LogP contribution in [0.4, 0.5) is 0 Å². The van der Waals surface area contributed by atoms with Gasteiger partial charge in [0.2, 0.25) is 5.91 Å². The Morgan fingerprint density at radius 3 is 1.88 bits per heavy atom. The van der Waals surface area contributed by atoms with E-state index in [2.05, 4.69) is 5.32 Å². The first-order valence-corrected chi connectivity index (χ1v) is 6.08. The van der Waals surface area contributed by atoms with Crippen LogP contribution in [-0.4, -0.2) is 23.5 Å². The van der Waals surface area contributed by atoms with Crippen molar-refractivity contribution >= 4 is 11.9 Å². The highest BCUT2D eigenvalue weighted by Crippen LogP contribution is 2.11. The molecule has 0 saturated heterocycles. The lowest BCUT2D eigenvalue weighted by atomic mass is 9.97. The average molecular weight is 243 g/mol. The molecule has 4 heteroatoms. The van der Waals surface area contributed by atoms with E-state index in [9.17, 15) is 9.59 Å². The molecular formula is C13H25NO3. The highest BCUT2D eigenvalue weighted by molar-refractivity contribution is 5.85. The zero-order valence-electron chi connectivity index (χ0n) is 12.0. The van der Waals surface area contributed by atoms with Crippen molar-refractivity contribution in [1.82, 2.24) is 5.32 Å². The van der Waals surface area contributed by atoms with Crippen molar-refractivity contribution in [2.75, 3.05) is 0 Å². The van der Waals surface area contributed by atoms with Crippen molar-refractivity contribution in [3.05, 3.63) is 0 Å². The van der Waals surface area contributed by atoms with E-state index < -0.39 is 17.6 Å². The van der Waals surface area contributed by atoms with Gasteiger partial charge in [0, 0.05) is 5.92 Å². The molecule has 4 nitrogen and oxygen atoms in total. The summed E-state index contributed by atoms with van der Waals surface area (Å²) in [4.78, 5) is 23.4. The molecule has 0 aromatic rings. The molecule has 0 aromatic heterocycles. The molecule has 100 valence electrons. The Bertz CT molecular complexity index is 279. The number of hydrogen-bond donors (Lipinski definition) is 1. The number of nitrogens with one attached hydrogen (secondary N) is 1. The predicted octanol–water partition coefficient (Wildman–Crippen LogP) is 2.12. The molecule has 0 aliphatic rings. The van der Waals surface area contributed by atoms with Crippen molar-refractivity contribution in [3.8, 4) is 0 Å². The number of amides is 1. The largest absolute Gasteiger partial charge is 0.458 e. The molecule has 0 bridgehead atoms. The minimum absolute atomic E-state index is 0.111. The first-order valence-electron chi connectivity index (χ1n) is 6.08. The molecule has 0 fully saturated rings. The first-order chi connectivity index (χ1) is 7.54. The third-order valence-corrected chi connectivity index (χ3v) is 2.53. The molecule has 1 amide bonds. The normalized spacial score (nSPS) is 15.3. The Hall–Kier alpha value is -1.06. The van der Waals surface area contributed by atoms with Crippen LogP contribution in [0, 0.1) is 11.8 Å². The van der Waals surface area contributed by atoms with Crippen LogP contribution in [-0.2, 0) is 14.3 Å². The van der Waals surface area contributed by atoms with Crippen LogP contribution >= 0.6 is 0 Å². The van der Waals surface area contributed by atoms with Gasteiger partial charge >= 0.3 is 5.97 Å². The summed E-state index contributed by atoms with van der Waals surface area (Å²) >= 11 is 0. The number of ether oxygens (including phenoxy) is 1. The fraction of sp³-hybridized carbons (Fsp3) is 0.846. The summed E-state index contributed by atoms with van der Waals surface area (Å²) in [7, 11) is 0. The lowest BCUT2D eigenvalue weighted by molar-refractivity contribution is -0.158. The maximum Gasteiger partial charge on any atom is 0.328 e. The summed E-state index contributed by atoms with van der Waals surface area (Å²) in [5, 5.41) is 2.67. The molecule has 0 spiro atoms. The van der Waals surface area contributed by atoms with E-state index in [4.69, 9.17) is 4.74 Å². The standard InChI is InChI=1S/C13H25NO3/c1-8(2)9(3)11(15)14-10(4)12(16)17-13(5,6)7/h8-10H,1-7H3,(H,14,15)/t9?,10-/m0/s1. The topological polar surface area (TPSA) is 55.4 Å². The maximum atomic E-state index is 11.7. The van der Waals surface area contributed by atoms with Gasteiger partial charge in [-0.05, 0) is 33.6 Å². The molecule has 0 aliphatic heterocycles. The van der Waals surface area contributed by atoms with E-state index in [1.54, 1.807) is 27.7 Å². The minimum atomic E-state index is -0.608. The van der Waals surface area contributed by atoms with Crippen LogP contribution in [0.5, 0.6) is 0 Å². The summed E-state index contributed by atoms with van der Waals surface area (Å²) in [6.07, 6.45) is 0. The van der Waals surface area contributed by atoms with Gasteiger partial charge in [0.25, 0.3) is 0 Å². The maximum absolute atomic E-state index is 11.7. The molecule has 0 radical (unpaired) electrons. The van der Waals surface area contributed by atoms with Crippen LogP contribution in [0.3, 0.4) is 0 Å². The van der Waals surface area contributed by atoms with Gasteiger partial charge in [0.05, 0.1) is 0 Å². The molecule has 0 rings (SSSR count). The lowest BCUT2D eigenvalue weighted by Gasteiger charge is -2.24. The number of esters is 1. The number of hydrogen-bond acceptors (Lipinski definition) is 3. The lowest BCUT2D eigenvalue weighted by Crippen LogP contribution is -2.44. The third-order valence-electron chi connectivity index (χ3n) is 2.53. The summed E-state index contributed by atoms with van der Waals surface area (Å²) in [6.45, 7) is 12.8. The Labute approximate surface area is 104 Å². The van der Waals surface area contributed by atoms with Crippen molar-refractivity contribution in [1.29, 1.82) is 0 Å². The molecule has 0 aromatic carbocycles. The Morgan fingerprint density at radius 2 is 1.53 bits per heavy atom. The fourth-order valence-corrected chi connectivity index (χ4v) is 1.10. The molecule has 1 unspecified atom stereocenters. The molecule has 17 heavy (non-hydrogen) atoms. The van der Waals surface area contributed by atoms with Gasteiger partial charge in [-0.25, -0.2) is 4.79 Å². The molecular weight excluding hydrogens is 218 g/mol. The smallest absolute Gasteiger partial charge is 0.328 e. The predicted molar refractivity (Wildman–Crippen MR) is 67.5 cm³/mol. The number of carbonyl (C=O) groups is 2. The quantitative estimate of drug-likeness (QED) is 0.769. The van der Waals surface area contributed by atoms with Crippen molar-refractivity contribution in [2.45, 2.75) is 60.1 Å². The average Bonchev–Trinajstić information content (AvgIpc) is 2.13. The van der Waals surface area contributed by atoms with Crippen LogP contribution in [0.15, 0.2) is 0 Å². The van der Waals surface area contributed by atoms with Crippen LogP contribution in [0.1, 0.15) is 48.5 Å². The van der Waals surface area contributed by atoms with E-state index in [1.165, 1.54) is 0 Å². The summed E-state index contributed by atoms with van der Waals surface area (Å²) in [5.74, 6) is -0.374. The second-order valence-electron chi connectivity index (χ2n) is 5.80. The van der Waals surface area contributed by atoms with Gasteiger partial charge in [0.1, 0.15) is 11.6 Å². The van der Waals surface area contributed by atoms with Gasteiger partial charge in [-0.15, -0.1) is 0 Å². The molecule has 1 N–H and O–H groups in total. The van der Waals surface area contributed by atoms with Gasteiger partial charge in [-0.3, -0.25) is 4.79 Å². The number of carbonyl (C=O) groups excluding carboxylic acids is 2. The van der Waals surface area contributed by atoms with Crippen LogP contribution < -0.4 is 5.32 Å². The number of rotatable bonds is 4. The monoisotopic (exact) mass is 243 g/mol. The summed E-state index contributed by atoms with van der Waals surface area (Å²) in [5.41, 5.74) is -0.528. The fourth-order valence-electron chi connectivity index (χ4n) is 1.10. The van der Waals surface area contributed by atoms with Gasteiger partial charge in [-0.1, -0.05) is 20.8 Å². The highest BCUT2D eigenvalue weighted by Gasteiger charge is 2.25. The minimum Gasteiger partial charge on any atom is -0.458 e. The molecule has 2 atom stereocenters. The Morgan fingerprint density at radius 1 is 1.06 bits per heavy atom. The molecule has 0 heterocycles. The summed E-state index contributed by atoms with van der Waals surface area (Å²) < 4.78 is 5.19.